The largest absolute Gasteiger partial charge is 0.484 e. The molecule has 0 saturated heterocycles. The third-order valence-electron chi connectivity index (χ3n) is 4.08. The van der Waals surface area contributed by atoms with Crippen molar-refractivity contribution in [1.29, 1.82) is 5.26 Å². The van der Waals surface area contributed by atoms with Crippen LogP contribution in [-0.2, 0) is 11.3 Å². The lowest BCUT2D eigenvalue weighted by molar-refractivity contribution is -0.118. The quantitative estimate of drug-likeness (QED) is 0.651. The SMILES string of the molecule is N#Cc1ccccc1NC(=O)COc1cccc(C(=O)NCc2ccccc2)c1. The van der Waals surface area contributed by atoms with Gasteiger partial charge in [-0.05, 0) is 35.9 Å². The highest BCUT2D eigenvalue weighted by atomic mass is 16.5. The molecule has 144 valence electrons. The molecule has 0 heterocycles. The van der Waals surface area contributed by atoms with E-state index in [9.17, 15) is 9.59 Å². The van der Waals surface area contributed by atoms with Gasteiger partial charge in [-0.2, -0.15) is 5.26 Å². The van der Waals surface area contributed by atoms with Crippen LogP contribution in [0.3, 0.4) is 0 Å². The number of benzene rings is 3. The van der Waals surface area contributed by atoms with Gasteiger partial charge in [-0.25, -0.2) is 0 Å². The van der Waals surface area contributed by atoms with E-state index in [0.717, 1.165) is 5.56 Å². The van der Waals surface area contributed by atoms with Crippen LogP contribution in [0.15, 0.2) is 78.9 Å². The predicted molar refractivity (Wildman–Crippen MR) is 109 cm³/mol. The second-order valence-corrected chi connectivity index (χ2v) is 6.19. The van der Waals surface area contributed by atoms with Crippen LogP contribution < -0.4 is 15.4 Å². The highest BCUT2D eigenvalue weighted by Gasteiger charge is 2.09. The standard InChI is InChI=1S/C23H19N3O3/c24-14-19-9-4-5-12-21(19)26-22(27)16-29-20-11-6-10-18(13-20)23(28)25-15-17-7-2-1-3-8-17/h1-13H,15-16H2,(H,25,28)(H,26,27). The van der Waals surface area contributed by atoms with Crippen LogP contribution in [0, 0.1) is 11.3 Å². The topological polar surface area (TPSA) is 91.2 Å². The average Bonchev–Trinajstić information content (AvgIpc) is 2.77. The second kappa shape index (κ2) is 9.72. The van der Waals surface area contributed by atoms with Gasteiger partial charge in [-0.1, -0.05) is 48.5 Å². The molecule has 2 N–H and O–H groups in total. The Kier molecular flexibility index (Phi) is 6.58. The van der Waals surface area contributed by atoms with Crippen molar-refractivity contribution in [3.05, 3.63) is 95.6 Å². The van der Waals surface area contributed by atoms with E-state index in [0.29, 0.717) is 29.1 Å². The molecule has 0 bridgehead atoms. The summed E-state index contributed by atoms with van der Waals surface area (Å²) in [6, 6.07) is 25.0. The Morgan fingerprint density at radius 1 is 0.931 bits per heavy atom. The molecule has 0 atom stereocenters. The highest BCUT2D eigenvalue weighted by Crippen LogP contribution is 2.15. The van der Waals surface area contributed by atoms with Crippen LogP contribution in [0.5, 0.6) is 5.75 Å². The fourth-order valence-electron chi connectivity index (χ4n) is 2.63. The molecule has 29 heavy (non-hydrogen) atoms. The summed E-state index contributed by atoms with van der Waals surface area (Å²) in [7, 11) is 0. The van der Waals surface area contributed by atoms with E-state index in [2.05, 4.69) is 10.6 Å². The van der Waals surface area contributed by atoms with Gasteiger partial charge in [0.25, 0.3) is 11.8 Å². The molecule has 3 rings (SSSR count). The van der Waals surface area contributed by atoms with Gasteiger partial charge in [0, 0.05) is 12.1 Å². The zero-order valence-corrected chi connectivity index (χ0v) is 15.6. The van der Waals surface area contributed by atoms with E-state index in [1.54, 1.807) is 48.5 Å². The number of nitrogens with one attached hydrogen (secondary N) is 2. The van der Waals surface area contributed by atoms with Gasteiger partial charge in [-0.3, -0.25) is 9.59 Å². The van der Waals surface area contributed by atoms with Crippen LogP contribution in [-0.4, -0.2) is 18.4 Å². The van der Waals surface area contributed by atoms with E-state index in [-0.39, 0.29) is 12.5 Å². The lowest BCUT2D eigenvalue weighted by atomic mass is 10.2. The minimum Gasteiger partial charge on any atom is -0.484 e. The Morgan fingerprint density at radius 2 is 1.69 bits per heavy atom. The lowest BCUT2D eigenvalue weighted by Crippen LogP contribution is -2.23. The van der Waals surface area contributed by atoms with Gasteiger partial charge < -0.3 is 15.4 Å². The zero-order valence-electron chi connectivity index (χ0n) is 15.6. The van der Waals surface area contributed by atoms with Crippen LogP contribution in [0.4, 0.5) is 5.69 Å². The van der Waals surface area contributed by atoms with E-state index in [1.165, 1.54) is 0 Å². The number of nitriles is 1. The van der Waals surface area contributed by atoms with E-state index >= 15 is 0 Å². The summed E-state index contributed by atoms with van der Waals surface area (Å²) < 4.78 is 5.49. The van der Waals surface area contributed by atoms with Crippen molar-refractivity contribution in [1.82, 2.24) is 5.32 Å². The van der Waals surface area contributed by atoms with Gasteiger partial charge >= 0.3 is 0 Å². The van der Waals surface area contributed by atoms with Crippen LogP contribution in [0.2, 0.25) is 0 Å². The molecule has 0 aliphatic heterocycles. The van der Waals surface area contributed by atoms with Crippen LogP contribution in [0.25, 0.3) is 0 Å². The van der Waals surface area contributed by atoms with Crippen LogP contribution >= 0.6 is 0 Å². The number of rotatable bonds is 7. The maximum atomic E-state index is 12.3. The Balaban J connectivity index is 1.54. The van der Waals surface area contributed by atoms with Gasteiger partial charge in [0.05, 0.1) is 11.3 Å². The molecule has 0 radical (unpaired) electrons. The van der Waals surface area contributed by atoms with Gasteiger partial charge in [0.15, 0.2) is 6.61 Å². The normalized spacial score (nSPS) is 9.90. The number of ether oxygens (including phenoxy) is 1. The first-order valence-electron chi connectivity index (χ1n) is 8.99. The number of hydrogen-bond donors (Lipinski definition) is 2. The fraction of sp³-hybridized carbons (Fsp3) is 0.0870. The van der Waals surface area contributed by atoms with Crippen molar-refractivity contribution in [3.63, 3.8) is 0 Å². The number of amides is 2. The maximum Gasteiger partial charge on any atom is 0.262 e. The fourth-order valence-corrected chi connectivity index (χ4v) is 2.63. The summed E-state index contributed by atoms with van der Waals surface area (Å²) in [5.41, 5.74) is 2.24. The zero-order chi connectivity index (χ0) is 20.5. The van der Waals surface area contributed by atoms with Crippen molar-refractivity contribution in [3.8, 4) is 11.8 Å². The van der Waals surface area contributed by atoms with E-state index in [1.807, 2.05) is 36.4 Å². The number of anilines is 1. The van der Waals surface area contributed by atoms with Crippen molar-refractivity contribution in [2.24, 2.45) is 0 Å². The number of para-hydroxylation sites is 1. The minimum atomic E-state index is -0.397. The first kappa shape index (κ1) is 19.6. The third kappa shape index (κ3) is 5.68. The highest BCUT2D eigenvalue weighted by molar-refractivity contribution is 5.95. The Morgan fingerprint density at radius 3 is 2.48 bits per heavy atom. The molecule has 0 aromatic heterocycles. The molecule has 3 aromatic carbocycles. The Bertz CT molecular complexity index is 1040. The molecule has 6 heteroatoms. The monoisotopic (exact) mass is 385 g/mol. The Hall–Kier alpha value is -4.11. The van der Waals surface area contributed by atoms with E-state index < -0.39 is 5.91 Å². The summed E-state index contributed by atoms with van der Waals surface area (Å²) in [5, 5.41) is 14.6. The van der Waals surface area contributed by atoms with Crippen LogP contribution in [0.1, 0.15) is 21.5 Å². The van der Waals surface area contributed by atoms with Crippen molar-refractivity contribution in [2.75, 3.05) is 11.9 Å². The second-order valence-electron chi connectivity index (χ2n) is 6.19. The molecular formula is C23H19N3O3. The van der Waals surface area contributed by atoms with Gasteiger partial charge in [0.1, 0.15) is 11.8 Å². The first-order chi connectivity index (χ1) is 14.2. The molecule has 3 aromatic rings. The predicted octanol–water partition coefficient (Wildman–Crippen LogP) is 3.51. The minimum absolute atomic E-state index is 0.230. The number of carbonyl (C=O) groups is 2. The molecule has 0 aliphatic carbocycles. The number of hydrogen-bond acceptors (Lipinski definition) is 4. The summed E-state index contributed by atoms with van der Waals surface area (Å²) in [6.45, 7) is 0.181. The van der Waals surface area contributed by atoms with Gasteiger partial charge in [0.2, 0.25) is 0 Å². The van der Waals surface area contributed by atoms with Crippen molar-refractivity contribution in [2.45, 2.75) is 6.54 Å². The molecule has 0 saturated carbocycles. The molecule has 0 fully saturated rings. The van der Waals surface area contributed by atoms with Crippen molar-refractivity contribution >= 4 is 17.5 Å². The molecule has 6 nitrogen and oxygen atoms in total. The average molecular weight is 385 g/mol. The smallest absolute Gasteiger partial charge is 0.262 e. The van der Waals surface area contributed by atoms with Gasteiger partial charge in [-0.15, -0.1) is 0 Å². The maximum absolute atomic E-state index is 12.3. The summed E-state index contributed by atoms with van der Waals surface area (Å²) >= 11 is 0. The molecule has 0 spiro atoms. The number of carbonyl (C=O) groups excluding carboxylic acids is 2. The summed E-state index contributed by atoms with van der Waals surface area (Å²) in [6.07, 6.45) is 0. The Labute approximate surface area is 168 Å². The lowest BCUT2D eigenvalue weighted by Gasteiger charge is -2.10. The summed E-state index contributed by atoms with van der Waals surface area (Å²) in [4.78, 5) is 24.5. The molecule has 2 amide bonds. The van der Waals surface area contributed by atoms with E-state index in [4.69, 9.17) is 10.00 Å². The summed E-state index contributed by atoms with van der Waals surface area (Å²) in [5.74, 6) is -0.223. The molecule has 0 unspecified atom stereocenters. The number of nitrogens with zero attached hydrogens (tertiary/aromatic N) is 1. The third-order valence-corrected chi connectivity index (χ3v) is 4.08. The molecule has 0 aliphatic rings. The first-order valence-corrected chi connectivity index (χ1v) is 8.99. The molecular weight excluding hydrogens is 366 g/mol. The van der Waals surface area contributed by atoms with Crippen molar-refractivity contribution < 1.29 is 14.3 Å².